The molecule has 0 radical (unpaired) electrons. The Kier molecular flexibility index (Phi) is 15.4. The first-order chi connectivity index (χ1) is 12.0. The molecule has 0 atom stereocenters. The minimum absolute atomic E-state index is 1.34. The van der Waals surface area contributed by atoms with Gasteiger partial charge >= 0.3 is 161 Å². The summed E-state index contributed by atoms with van der Waals surface area (Å²) >= 11 is 0. The number of rotatable bonds is 19. The van der Waals surface area contributed by atoms with E-state index in [-0.39, 0.29) is 0 Å². The van der Waals surface area contributed by atoms with Crippen molar-refractivity contribution in [3.63, 3.8) is 0 Å². The molecule has 1 heteroatoms. The van der Waals surface area contributed by atoms with E-state index in [1.807, 2.05) is 0 Å². The van der Waals surface area contributed by atoms with Crippen molar-refractivity contribution in [3.8, 4) is 0 Å². The Hall–Kier alpha value is 0.170. The summed E-state index contributed by atoms with van der Waals surface area (Å²) in [6.45, 7) is 12.4. The summed E-state index contributed by atoms with van der Waals surface area (Å²) in [5, 5.41) is 0. The van der Waals surface area contributed by atoms with Crippen molar-refractivity contribution < 1.29 is 0 Å². The van der Waals surface area contributed by atoms with Crippen LogP contribution in [-0.4, -0.2) is 31.3 Å². The van der Waals surface area contributed by atoms with E-state index in [1.165, 1.54) is 115 Å². The Morgan fingerprint density at radius 1 is 0.560 bits per heavy atom. The van der Waals surface area contributed by atoms with Gasteiger partial charge in [-0.2, -0.15) is 0 Å². The molecule has 0 fully saturated rings. The standard InChI is InChI=1S/C24H51P/c1-6-10-13-14-15-16-17-18-19-20-24-25(5,21-9-4,22-11-7-2)23-12-8-3/h9H,4,6-8,10-24H2,1-3,5H3. The quantitative estimate of drug-likeness (QED) is 0.121. The first kappa shape index (κ1) is 25.2. The molecule has 0 saturated heterocycles. The molecule has 0 N–H and O–H groups in total. The van der Waals surface area contributed by atoms with Crippen LogP contribution in [0.25, 0.3) is 0 Å². The third kappa shape index (κ3) is 12.2. The fraction of sp³-hybridized carbons (Fsp3) is 0.917. The van der Waals surface area contributed by atoms with Gasteiger partial charge in [-0.1, -0.05) is 0 Å². The van der Waals surface area contributed by atoms with Crippen molar-refractivity contribution >= 4 is 6.60 Å². The SMILES string of the molecule is C=CCP(C)(CCCC)(CCCC)CCCCCCCCCCCC. The number of hydrogen-bond donors (Lipinski definition) is 0. The number of unbranched alkanes of at least 4 members (excludes halogenated alkanes) is 11. The van der Waals surface area contributed by atoms with Gasteiger partial charge in [0, 0.05) is 0 Å². The summed E-state index contributed by atoms with van der Waals surface area (Å²) in [5.41, 5.74) is 0. The van der Waals surface area contributed by atoms with Gasteiger partial charge in [0.2, 0.25) is 0 Å². The average molecular weight is 371 g/mol. The predicted octanol–water partition coefficient (Wildman–Crippen LogP) is 8.88. The maximum atomic E-state index is 4.14. The first-order valence-corrected chi connectivity index (χ1v) is 15.1. The van der Waals surface area contributed by atoms with Crippen LogP contribution < -0.4 is 0 Å². The van der Waals surface area contributed by atoms with Gasteiger partial charge in [-0.05, 0) is 0 Å². The van der Waals surface area contributed by atoms with E-state index >= 15 is 0 Å². The topological polar surface area (TPSA) is 0 Å². The molecular formula is C24H51P. The summed E-state index contributed by atoms with van der Waals surface area (Å²) in [4.78, 5) is 0. The second-order valence-corrected chi connectivity index (χ2v) is 16.1. The van der Waals surface area contributed by atoms with Crippen molar-refractivity contribution in [2.45, 2.75) is 111 Å². The Balaban J connectivity index is 4.18. The number of hydrogen-bond acceptors (Lipinski definition) is 0. The monoisotopic (exact) mass is 370 g/mol. The third-order valence-electron chi connectivity index (χ3n) is 6.33. The molecule has 0 spiro atoms. The summed E-state index contributed by atoms with van der Waals surface area (Å²) in [5.74, 6) is 0. The van der Waals surface area contributed by atoms with Gasteiger partial charge in [0.25, 0.3) is 0 Å². The molecule has 0 aromatic rings. The summed E-state index contributed by atoms with van der Waals surface area (Å²) in [7, 11) is 0. The van der Waals surface area contributed by atoms with Crippen LogP contribution in [0.1, 0.15) is 111 Å². The number of allylic oxidation sites excluding steroid dienone is 1. The van der Waals surface area contributed by atoms with Crippen LogP contribution in [0.2, 0.25) is 0 Å². The van der Waals surface area contributed by atoms with Crippen LogP contribution in [0.4, 0.5) is 0 Å². The molecule has 0 bridgehead atoms. The van der Waals surface area contributed by atoms with Crippen molar-refractivity contribution in [2.24, 2.45) is 0 Å². The average Bonchev–Trinajstić information content (AvgIpc) is 2.61. The van der Waals surface area contributed by atoms with Gasteiger partial charge in [-0.15, -0.1) is 0 Å². The fourth-order valence-corrected chi connectivity index (χ4v) is 10.2. The summed E-state index contributed by atoms with van der Waals surface area (Å²) in [6.07, 6.45) is 28.3. The Morgan fingerprint density at radius 2 is 0.920 bits per heavy atom. The second-order valence-electron chi connectivity index (χ2n) is 9.14. The van der Waals surface area contributed by atoms with Crippen LogP contribution in [0.15, 0.2) is 12.7 Å². The first-order valence-electron chi connectivity index (χ1n) is 11.6. The van der Waals surface area contributed by atoms with Gasteiger partial charge < -0.3 is 0 Å². The van der Waals surface area contributed by atoms with E-state index in [0.29, 0.717) is 0 Å². The van der Waals surface area contributed by atoms with E-state index in [4.69, 9.17) is 0 Å². The maximum absolute atomic E-state index is 4.14. The van der Waals surface area contributed by atoms with Gasteiger partial charge in [0.05, 0.1) is 0 Å². The molecule has 0 aromatic carbocycles. The molecule has 0 aliphatic carbocycles. The Labute approximate surface area is 161 Å². The summed E-state index contributed by atoms with van der Waals surface area (Å²) < 4.78 is 0. The molecule has 152 valence electrons. The fourth-order valence-electron chi connectivity index (χ4n) is 4.41. The molecule has 25 heavy (non-hydrogen) atoms. The third-order valence-corrected chi connectivity index (χ3v) is 12.9. The Bertz CT molecular complexity index is 299. The second kappa shape index (κ2) is 15.2. The molecule has 0 unspecified atom stereocenters. The Morgan fingerprint density at radius 3 is 1.32 bits per heavy atom. The molecule has 0 amide bonds. The molecule has 0 heterocycles. The van der Waals surface area contributed by atoms with Gasteiger partial charge in [0.1, 0.15) is 0 Å². The molecule has 0 aliphatic rings. The van der Waals surface area contributed by atoms with Crippen LogP contribution >= 0.6 is 6.60 Å². The molecular weight excluding hydrogens is 319 g/mol. The van der Waals surface area contributed by atoms with E-state index in [9.17, 15) is 0 Å². The molecule has 0 aliphatic heterocycles. The van der Waals surface area contributed by atoms with Crippen LogP contribution in [-0.2, 0) is 0 Å². The minimum atomic E-state index is -1.53. The zero-order chi connectivity index (χ0) is 18.9. The van der Waals surface area contributed by atoms with Gasteiger partial charge in [-0.3, -0.25) is 0 Å². The van der Waals surface area contributed by atoms with Crippen molar-refractivity contribution in [1.82, 2.24) is 0 Å². The van der Waals surface area contributed by atoms with Gasteiger partial charge in [0.15, 0.2) is 0 Å². The zero-order valence-corrected chi connectivity index (χ0v) is 19.4. The van der Waals surface area contributed by atoms with E-state index in [1.54, 1.807) is 0 Å². The van der Waals surface area contributed by atoms with Crippen LogP contribution in [0, 0.1) is 0 Å². The molecule has 0 aromatic heterocycles. The zero-order valence-electron chi connectivity index (χ0n) is 18.5. The molecule has 0 rings (SSSR count). The van der Waals surface area contributed by atoms with Gasteiger partial charge in [-0.25, -0.2) is 0 Å². The van der Waals surface area contributed by atoms with Crippen molar-refractivity contribution in [1.29, 1.82) is 0 Å². The van der Waals surface area contributed by atoms with Crippen LogP contribution in [0.5, 0.6) is 0 Å². The van der Waals surface area contributed by atoms with Crippen molar-refractivity contribution in [3.05, 3.63) is 12.7 Å². The van der Waals surface area contributed by atoms with E-state index in [0.717, 1.165) is 0 Å². The van der Waals surface area contributed by atoms with Crippen molar-refractivity contribution in [2.75, 3.05) is 31.3 Å². The predicted molar refractivity (Wildman–Crippen MR) is 124 cm³/mol. The molecule has 0 saturated carbocycles. The normalized spacial score (nSPS) is 13.5. The van der Waals surface area contributed by atoms with E-state index in [2.05, 4.69) is 40.1 Å². The molecule has 0 nitrogen and oxygen atoms in total. The summed E-state index contributed by atoms with van der Waals surface area (Å²) in [6, 6.07) is 0. The van der Waals surface area contributed by atoms with E-state index < -0.39 is 6.60 Å². The van der Waals surface area contributed by atoms with Crippen LogP contribution in [0.3, 0.4) is 0 Å².